The topological polar surface area (TPSA) is 32.3 Å². The average molecular weight is 231 g/mol. The van der Waals surface area contributed by atoms with Crippen LogP contribution in [0.15, 0.2) is 24.3 Å². The normalized spacial score (nSPS) is 12.4. The minimum absolute atomic E-state index is 0.489. The van der Waals surface area contributed by atoms with Crippen molar-refractivity contribution in [2.75, 3.05) is 13.1 Å². The van der Waals surface area contributed by atoms with Crippen molar-refractivity contribution in [2.24, 2.45) is 5.92 Å². The molecule has 1 aromatic rings. The Bertz CT molecular complexity index is 362. The second-order valence-corrected chi connectivity index (χ2v) is 4.69. The van der Waals surface area contributed by atoms with E-state index in [-0.39, 0.29) is 0 Å². The van der Waals surface area contributed by atoms with E-state index in [4.69, 9.17) is 6.42 Å². The van der Waals surface area contributed by atoms with Crippen LogP contribution in [-0.4, -0.2) is 18.2 Å². The monoisotopic (exact) mass is 231 g/mol. The van der Waals surface area contributed by atoms with Crippen molar-refractivity contribution in [1.82, 2.24) is 5.32 Å². The Labute approximate surface area is 104 Å². The Hall–Kier alpha value is -1.30. The summed E-state index contributed by atoms with van der Waals surface area (Å²) in [6.07, 6.45) is 5.71. The van der Waals surface area contributed by atoms with Crippen LogP contribution in [0.2, 0.25) is 0 Å². The summed E-state index contributed by atoms with van der Waals surface area (Å²) in [6, 6.07) is 8.14. The van der Waals surface area contributed by atoms with E-state index in [1.54, 1.807) is 0 Å². The van der Waals surface area contributed by atoms with Crippen LogP contribution >= 0.6 is 0 Å². The predicted octanol–water partition coefficient (Wildman–Crippen LogP) is 2.14. The van der Waals surface area contributed by atoms with E-state index in [2.05, 4.69) is 37.2 Å². The third-order valence-corrected chi connectivity index (χ3v) is 2.57. The first-order valence-electron chi connectivity index (χ1n) is 6.04. The van der Waals surface area contributed by atoms with E-state index < -0.39 is 6.10 Å². The van der Waals surface area contributed by atoms with Crippen LogP contribution in [-0.2, 0) is 6.42 Å². The van der Waals surface area contributed by atoms with Crippen molar-refractivity contribution in [3.8, 4) is 12.3 Å². The molecule has 0 heterocycles. The molecule has 0 aliphatic heterocycles. The van der Waals surface area contributed by atoms with Crippen LogP contribution < -0.4 is 5.32 Å². The van der Waals surface area contributed by atoms with Gasteiger partial charge in [-0.3, -0.25) is 0 Å². The molecular weight excluding hydrogens is 210 g/mol. The molecule has 2 N–H and O–H groups in total. The van der Waals surface area contributed by atoms with Crippen LogP contribution in [0, 0.1) is 18.3 Å². The molecule has 0 bridgehead atoms. The minimum atomic E-state index is -0.489. The largest absolute Gasteiger partial charge is 0.387 e. The smallest absolute Gasteiger partial charge is 0.0914 e. The highest BCUT2D eigenvalue weighted by atomic mass is 16.3. The number of terminal acetylenes is 1. The molecule has 1 rings (SSSR count). The minimum Gasteiger partial charge on any atom is -0.387 e. The fourth-order valence-electron chi connectivity index (χ4n) is 1.75. The van der Waals surface area contributed by atoms with Crippen molar-refractivity contribution >= 4 is 0 Å². The van der Waals surface area contributed by atoms with Crippen LogP contribution in [0.4, 0.5) is 0 Å². The lowest BCUT2D eigenvalue weighted by Crippen LogP contribution is -2.21. The van der Waals surface area contributed by atoms with E-state index in [0.29, 0.717) is 19.0 Å². The van der Waals surface area contributed by atoms with Crippen LogP contribution in [0.3, 0.4) is 0 Å². The SMILES string of the molecule is C#CCNCC(O)c1ccc(CC(C)C)cc1. The summed E-state index contributed by atoms with van der Waals surface area (Å²) in [5, 5.41) is 12.9. The average Bonchev–Trinajstić information content (AvgIpc) is 2.29. The number of nitrogens with one attached hydrogen (secondary N) is 1. The lowest BCUT2D eigenvalue weighted by molar-refractivity contribution is 0.176. The van der Waals surface area contributed by atoms with Crippen molar-refractivity contribution < 1.29 is 5.11 Å². The molecule has 0 amide bonds. The van der Waals surface area contributed by atoms with Gasteiger partial charge in [0.1, 0.15) is 0 Å². The van der Waals surface area contributed by atoms with Gasteiger partial charge in [0.15, 0.2) is 0 Å². The quantitative estimate of drug-likeness (QED) is 0.581. The summed E-state index contributed by atoms with van der Waals surface area (Å²) < 4.78 is 0. The first-order chi connectivity index (χ1) is 8.13. The molecule has 2 nitrogen and oxygen atoms in total. The number of benzene rings is 1. The van der Waals surface area contributed by atoms with Gasteiger partial charge in [-0.25, -0.2) is 0 Å². The maximum Gasteiger partial charge on any atom is 0.0914 e. The second-order valence-electron chi connectivity index (χ2n) is 4.69. The van der Waals surface area contributed by atoms with E-state index in [0.717, 1.165) is 12.0 Å². The Morgan fingerprint density at radius 1 is 1.29 bits per heavy atom. The Balaban J connectivity index is 2.52. The van der Waals surface area contributed by atoms with Gasteiger partial charge in [-0.05, 0) is 23.5 Å². The van der Waals surface area contributed by atoms with Crippen LogP contribution in [0.25, 0.3) is 0 Å². The summed E-state index contributed by atoms with van der Waals surface area (Å²) in [6.45, 7) is 5.38. The van der Waals surface area contributed by atoms with Gasteiger partial charge in [0.2, 0.25) is 0 Å². The summed E-state index contributed by atoms with van der Waals surface area (Å²) in [5.74, 6) is 3.14. The molecule has 0 spiro atoms. The van der Waals surface area contributed by atoms with Gasteiger partial charge < -0.3 is 10.4 Å². The lowest BCUT2D eigenvalue weighted by Gasteiger charge is -2.12. The van der Waals surface area contributed by atoms with E-state index >= 15 is 0 Å². The fourth-order valence-corrected chi connectivity index (χ4v) is 1.75. The molecular formula is C15H21NO. The van der Waals surface area contributed by atoms with Gasteiger partial charge >= 0.3 is 0 Å². The summed E-state index contributed by atoms with van der Waals surface area (Å²) in [4.78, 5) is 0. The number of aliphatic hydroxyl groups excluding tert-OH is 1. The second kappa shape index (κ2) is 7.11. The molecule has 0 aliphatic carbocycles. The van der Waals surface area contributed by atoms with E-state index in [1.807, 2.05) is 12.1 Å². The predicted molar refractivity (Wildman–Crippen MR) is 71.6 cm³/mol. The molecule has 92 valence electrons. The first-order valence-corrected chi connectivity index (χ1v) is 6.04. The third-order valence-electron chi connectivity index (χ3n) is 2.57. The zero-order valence-electron chi connectivity index (χ0n) is 10.6. The van der Waals surface area contributed by atoms with Crippen molar-refractivity contribution in [3.63, 3.8) is 0 Å². The number of hydrogen-bond acceptors (Lipinski definition) is 2. The molecule has 1 atom stereocenters. The molecule has 2 heteroatoms. The molecule has 0 aliphatic rings. The summed E-state index contributed by atoms with van der Waals surface area (Å²) in [5.41, 5.74) is 2.24. The van der Waals surface area contributed by atoms with Gasteiger partial charge in [0, 0.05) is 6.54 Å². The number of rotatable bonds is 6. The van der Waals surface area contributed by atoms with Gasteiger partial charge in [-0.2, -0.15) is 0 Å². The van der Waals surface area contributed by atoms with Crippen molar-refractivity contribution in [3.05, 3.63) is 35.4 Å². The lowest BCUT2D eigenvalue weighted by atomic mass is 10.0. The molecule has 0 fully saturated rings. The molecule has 0 saturated heterocycles. The van der Waals surface area contributed by atoms with Crippen LogP contribution in [0.1, 0.15) is 31.1 Å². The van der Waals surface area contributed by atoms with E-state index in [1.165, 1.54) is 5.56 Å². The van der Waals surface area contributed by atoms with Crippen molar-refractivity contribution in [2.45, 2.75) is 26.4 Å². The Kier molecular flexibility index (Phi) is 5.76. The molecule has 0 radical (unpaired) electrons. The maximum absolute atomic E-state index is 9.89. The van der Waals surface area contributed by atoms with Gasteiger partial charge in [0.25, 0.3) is 0 Å². The molecule has 1 aromatic carbocycles. The Morgan fingerprint density at radius 2 is 1.94 bits per heavy atom. The first kappa shape index (κ1) is 13.8. The zero-order chi connectivity index (χ0) is 12.7. The summed E-state index contributed by atoms with van der Waals surface area (Å²) in [7, 11) is 0. The van der Waals surface area contributed by atoms with Gasteiger partial charge in [-0.1, -0.05) is 44.0 Å². The Morgan fingerprint density at radius 3 is 2.47 bits per heavy atom. The highest BCUT2D eigenvalue weighted by Crippen LogP contribution is 2.15. The molecule has 0 saturated carbocycles. The maximum atomic E-state index is 9.89. The van der Waals surface area contributed by atoms with Crippen molar-refractivity contribution in [1.29, 1.82) is 0 Å². The summed E-state index contributed by atoms with van der Waals surface area (Å²) >= 11 is 0. The zero-order valence-corrected chi connectivity index (χ0v) is 10.6. The van der Waals surface area contributed by atoms with E-state index in [9.17, 15) is 5.11 Å². The number of aliphatic hydroxyl groups is 1. The fraction of sp³-hybridized carbons (Fsp3) is 0.467. The van der Waals surface area contributed by atoms with Gasteiger partial charge in [-0.15, -0.1) is 6.42 Å². The third kappa shape index (κ3) is 5.04. The molecule has 1 unspecified atom stereocenters. The molecule has 17 heavy (non-hydrogen) atoms. The highest BCUT2D eigenvalue weighted by Gasteiger charge is 2.06. The van der Waals surface area contributed by atoms with Crippen LogP contribution in [0.5, 0.6) is 0 Å². The standard InChI is InChI=1S/C15H21NO/c1-4-9-16-11-15(17)14-7-5-13(6-8-14)10-12(2)3/h1,5-8,12,15-17H,9-11H2,2-3H3. The highest BCUT2D eigenvalue weighted by molar-refractivity contribution is 5.24. The van der Waals surface area contributed by atoms with Gasteiger partial charge in [0.05, 0.1) is 12.6 Å². The molecule has 0 aromatic heterocycles. The number of hydrogen-bond donors (Lipinski definition) is 2.